The molecule has 29 heavy (non-hydrogen) atoms. The van der Waals surface area contributed by atoms with Crippen molar-refractivity contribution in [1.29, 1.82) is 0 Å². The first-order valence-corrected chi connectivity index (χ1v) is 9.72. The van der Waals surface area contributed by atoms with Gasteiger partial charge in [-0.3, -0.25) is 14.6 Å². The van der Waals surface area contributed by atoms with Crippen LogP contribution < -0.4 is 10.6 Å². The van der Waals surface area contributed by atoms with Crippen molar-refractivity contribution in [2.75, 3.05) is 5.32 Å². The second-order valence-corrected chi connectivity index (χ2v) is 8.38. The van der Waals surface area contributed by atoms with Crippen molar-refractivity contribution in [1.82, 2.24) is 15.3 Å². The lowest BCUT2D eigenvalue weighted by Gasteiger charge is -2.39. The third-order valence-corrected chi connectivity index (χ3v) is 5.43. The number of pyridine rings is 2. The van der Waals surface area contributed by atoms with Gasteiger partial charge < -0.3 is 10.6 Å². The Kier molecular flexibility index (Phi) is 4.78. The number of Topliss-reactive ketones (excluding diaryl/α,β-unsaturated/α-hetero) is 1. The molecule has 6 heteroatoms. The van der Waals surface area contributed by atoms with Crippen molar-refractivity contribution in [3.63, 3.8) is 0 Å². The number of anilines is 1. The van der Waals surface area contributed by atoms with Gasteiger partial charge >= 0.3 is 0 Å². The van der Waals surface area contributed by atoms with Gasteiger partial charge in [-0.25, -0.2) is 4.98 Å². The molecule has 6 nitrogen and oxygen atoms in total. The van der Waals surface area contributed by atoms with E-state index in [2.05, 4.69) is 34.4 Å². The first-order chi connectivity index (χ1) is 13.9. The third-order valence-electron chi connectivity index (χ3n) is 5.43. The summed E-state index contributed by atoms with van der Waals surface area (Å²) in [6, 6.07) is 9.09. The number of carbonyl (C=O) groups is 2. The highest BCUT2D eigenvalue weighted by atomic mass is 16.2. The van der Waals surface area contributed by atoms with E-state index in [1.807, 2.05) is 25.1 Å². The largest absolute Gasteiger partial charge is 0.362 e. The highest BCUT2D eigenvalue weighted by molar-refractivity contribution is 6.09. The van der Waals surface area contributed by atoms with Crippen LogP contribution in [0.4, 0.5) is 5.82 Å². The summed E-state index contributed by atoms with van der Waals surface area (Å²) in [6.07, 6.45) is 6.24. The molecule has 0 radical (unpaired) electrons. The normalized spacial score (nSPS) is 20.8. The van der Waals surface area contributed by atoms with Gasteiger partial charge in [0.05, 0.1) is 0 Å². The molecule has 0 bridgehead atoms. The van der Waals surface area contributed by atoms with Crippen LogP contribution in [0.25, 0.3) is 0 Å². The number of aromatic nitrogens is 2. The molecule has 0 spiro atoms. The molecule has 0 aromatic carbocycles. The van der Waals surface area contributed by atoms with Crippen LogP contribution in [0, 0.1) is 5.41 Å². The van der Waals surface area contributed by atoms with Gasteiger partial charge in [0.2, 0.25) is 0 Å². The van der Waals surface area contributed by atoms with Crippen molar-refractivity contribution in [3.05, 3.63) is 77.0 Å². The lowest BCUT2D eigenvalue weighted by atomic mass is 9.68. The number of ketones is 1. The first kappa shape index (κ1) is 19.1. The van der Waals surface area contributed by atoms with E-state index < -0.39 is 5.92 Å². The lowest BCUT2D eigenvalue weighted by molar-refractivity contribution is -0.118. The topological polar surface area (TPSA) is 84.0 Å². The Labute approximate surface area is 170 Å². The van der Waals surface area contributed by atoms with E-state index in [9.17, 15) is 9.59 Å². The smallest absolute Gasteiger partial charge is 0.255 e. The average molecular weight is 388 g/mol. The van der Waals surface area contributed by atoms with Crippen LogP contribution in [0.5, 0.6) is 0 Å². The predicted octanol–water partition coefficient (Wildman–Crippen LogP) is 3.72. The molecule has 2 aliphatic rings. The van der Waals surface area contributed by atoms with E-state index in [0.29, 0.717) is 23.4 Å². The van der Waals surface area contributed by atoms with Gasteiger partial charge in [0, 0.05) is 53.5 Å². The minimum Gasteiger partial charge on any atom is -0.362 e. The van der Waals surface area contributed by atoms with Gasteiger partial charge in [0.25, 0.3) is 5.91 Å². The summed E-state index contributed by atoms with van der Waals surface area (Å²) in [5, 5.41) is 6.23. The highest BCUT2D eigenvalue weighted by Gasteiger charge is 2.42. The molecule has 0 fully saturated rings. The summed E-state index contributed by atoms with van der Waals surface area (Å²) in [5.74, 6) is -0.135. The number of hydrogen-bond donors (Lipinski definition) is 2. The molecule has 3 heterocycles. The number of rotatable bonds is 3. The Morgan fingerprint density at radius 1 is 1.14 bits per heavy atom. The molecule has 148 valence electrons. The summed E-state index contributed by atoms with van der Waals surface area (Å²) in [7, 11) is 0. The SMILES string of the molecule is CC1=C(C(=O)Nc2ccccn2)[C@@H](c2ccncc2)C2=C(CC(C)(C)CC2=O)N1. The van der Waals surface area contributed by atoms with Gasteiger partial charge in [-0.1, -0.05) is 19.9 Å². The van der Waals surface area contributed by atoms with Crippen LogP contribution in [0.1, 0.15) is 45.1 Å². The minimum absolute atomic E-state index is 0.0844. The quantitative estimate of drug-likeness (QED) is 0.837. The number of allylic oxidation sites excluding steroid dienone is 3. The summed E-state index contributed by atoms with van der Waals surface area (Å²) < 4.78 is 0. The molecular formula is C23H24N4O2. The summed E-state index contributed by atoms with van der Waals surface area (Å²) in [5.41, 5.74) is 3.66. The molecule has 4 rings (SSSR count). The van der Waals surface area contributed by atoms with Crippen molar-refractivity contribution < 1.29 is 9.59 Å². The van der Waals surface area contributed by atoms with Crippen LogP contribution in [-0.2, 0) is 9.59 Å². The summed E-state index contributed by atoms with van der Waals surface area (Å²) in [6.45, 7) is 6.08. The Bertz CT molecular complexity index is 1020. The standard InChI is InChI=1S/C23H24N4O2/c1-14-19(22(29)27-18-6-4-5-9-25-18)20(15-7-10-24-11-8-15)21-16(26-14)12-23(2,3)13-17(21)28/h4-11,20,26H,12-13H2,1-3H3,(H,25,27,29)/t20-/m1/s1. The van der Waals surface area contributed by atoms with E-state index >= 15 is 0 Å². The van der Waals surface area contributed by atoms with Crippen LogP contribution >= 0.6 is 0 Å². The monoisotopic (exact) mass is 388 g/mol. The maximum Gasteiger partial charge on any atom is 0.255 e. The molecule has 1 aliphatic carbocycles. The maximum absolute atomic E-state index is 13.3. The molecule has 0 saturated heterocycles. The molecule has 0 saturated carbocycles. The Morgan fingerprint density at radius 3 is 2.59 bits per heavy atom. The third kappa shape index (κ3) is 3.70. The number of nitrogens with one attached hydrogen (secondary N) is 2. The van der Waals surface area contributed by atoms with Crippen molar-refractivity contribution in [2.45, 2.75) is 39.5 Å². The van der Waals surface area contributed by atoms with E-state index in [1.54, 1.807) is 30.7 Å². The zero-order valence-corrected chi connectivity index (χ0v) is 16.8. The second-order valence-electron chi connectivity index (χ2n) is 8.38. The van der Waals surface area contributed by atoms with Crippen molar-refractivity contribution >= 4 is 17.5 Å². The van der Waals surface area contributed by atoms with E-state index in [-0.39, 0.29) is 17.1 Å². The van der Waals surface area contributed by atoms with E-state index in [0.717, 1.165) is 23.4 Å². The number of dihydropyridines is 1. The maximum atomic E-state index is 13.3. The fraction of sp³-hybridized carbons (Fsp3) is 0.304. The molecule has 1 aliphatic heterocycles. The van der Waals surface area contributed by atoms with Crippen LogP contribution in [0.2, 0.25) is 0 Å². The molecule has 2 aromatic heterocycles. The van der Waals surface area contributed by atoms with Gasteiger partial charge in [-0.15, -0.1) is 0 Å². The zero-order valence-electron chi connectivity index (χ0n) is 16.8. The molecule has 1 amide bonds. The fourth-order valence-corrected chi connectivity index (χ4v) is 4.25. The van der Waals surface area contributed by atoms with Gasteiger partial charge in [0.15, 0.2) is 5.78 Å². The first-order valence-electron chi connectivity index (χ1n) is 9.72. The van der Waals surface area contributed by atoms with Crippen molar-refractivity contribution in [2.24, 2.45) is 5.41 Å². The van der Waals surface area contributed by atoms with Gasteiger partial charge in [-0.05, 0) is 48.6 Å². The number of hydrogen-bond acceptors (Lipinski definition) is 5. The Morgan fingerprint density at radius 2 is 1.90 bits per heavy atom. The van der Waals surface area contributed by atoms with E-state index in [4.69, 9.17) is 0 Å². The number of nitrogens with zero attached hydrogens (tertiary/aromatic N) is 2. The Hall–Kier alpha value is -3.28. The highest BCUT2D eigenvalue weighted by Crippen LogP contribution is 2.46. The molecule has 2 aromatic rings. The minimum atomic E-state index is -0.429. The lowest BCUT2D eigenvalue weighted by Crippen LogP contribution is -2.39. The molecular weight excluding hydrogens is 364 g/mol. The van der Waals surface area contributed by atoms with Crippen molar-refractivity contribution in [3.8, 4) is 0 Å². The summed E-state index contributed by atoms with van der Waals surface area (Å²) in [4.78, 5) is 34.7. The van der Waals surface area contributed by atoms with Gasteiger partial charge in [0.1, 0.15) is 5.82 Å². The van der Waals surface area contributed by atoms with Crippen LogP contribution in [-0.4, -0.2) is 21.7 Å². The Balaban J connectivity index is 1.80. The average Bonchev–Trinajstić information content (AvgIpc) is 2.67. The fourth-order valence-electron chi connectivity index (χ4n) is 4.25. The molecule has 1 atom stereocenters. The molecule has 0 unspecified atom stereocenters. The number of amides is 1. The molecule has 2 N–H and O–H groups in total. The predicted molar refractivity (Wildman–Crippen MR) is 111 cm³/mol. The van der Waals surface area contributed by atoms with E-state index in [1.165, 1.54) is 0 Å². The van der Waals surface area contributed by atoms with Crippen LogP contribution in [0.15, 0.2) is 71.5 Å². The second kappa shape index (κ2) is 7.28. The summed E-state index contributed by atoms with van der Waals surface area (Å²) >= 11 is 0. The van der Waals surface area contributed by atoms with Crippen LogP contribution in [0.3, 0.4) is 0 Å². The zero-order chi connectivity index (χ0) is 20.6. The van der Waals surface area contributed by atoms with Gasteiger partial charge in [-0.2, -0.15) is 0 Å². The number of carbonyl (C=O) groups excluding carboxylic acids is 2.